The first-order chi connectivity index (χ1) is 17.9. The number of benzene rings is 3. The lowest BCUT2D eigenvalue weighted by Crippen LogP contribution is -2.41. The Labute approximate surface area is 229 Å². The number of anilines is 1. The minimum Gasteiger partial charge on any atom is -0.494 e. The Balaban J connectivity index is 1.44. The second kappa shape index (κ2) is 12.7. The van der Waals surface area contributed by atoms with Gasteiger partial charge in [0.1, 0.15) is 12.3 Å². The van der Waals surface area contributed by atoms with Crippen molar-refractivity contribution in [3.8, 4) is 5.75 Å². The van der Waals surface area contributed by atoms with Gasteiger partial charge in [-0.2, -0.15) is 0 Å². The van der Waals surface area contributed by atoms with Crippen LogP contribution in [0.15, 0.2) is 86.9 Å². The number of thioether (sulfide) groups is 2. The number of amides is 1. The molecule has 0 atom stereocenters. The third-order valence-corrected chi connectivity index (χ3v) is 10.0. The molecule has 4 rings (SSSR count). The van der Waals surface area contributed by atoms with Crippen LogP contribution in [0, 0.1) is 0 Å². The largest absolute Gasteiger partial charge is 0.494 e. The molecule has 0 unspecified atom stereocenters. The van der Waals surface area contributed by atoms with Gasteiger partial charge in [-0.25, -0.2) is 13.4 Å². The molecule has 0 aliphatic carbocycles. The SMILES string of the molecule is CCOc1ccc(N(CC(=O)NCCSc2nc3ccccc3s2)S(=O)(=O)c2ccc(SC)cc2)cc1. The third kappa shape index (κ3) is 6.98. The highest BCUT2D eigenvalue weighted by atomic mass is 32.2. The molecule has 0 spiro atoms. The fourth-order valence-electron chi connectivity index (χ4n) is 3.49. The number of thiazole rings is 1. The van der Waals surface area contributed by atoms with E-state index in [1.807, 2.05) is 37.4 Å². The average Bonchev–Trinajstić information content (AvgIpc) is 3.33. The highest BCUT2D eigenvalue weighted by molar-refractivity contribution is 8.01. The molecule has 1 aromatic heterocycles. The third-order valence-electron chi connectivity index (χ3n) is 5.29. The van der Waals surface area contributed by atoms with Crippen LogP contribution in [-0.4, -0.2) is 51.0 Å². The number of sulfonamides is 1. The van der Waals surface area contributed by atoms with E-state index in [9.17, 15) is 13.2 Å². The van der Waals surface area contributed by atoms with Crippen molar-refractivity contribution >= 4 is 66.7 Å². The summed E-state index contributed by atoms with van der Waals surface area (Å²) in [6.45, 7) is 2.42. The Bertz CT molecular complexity index is 1410. The molecule has 0 saturated heterocycles. The van der Waals surface area contributed by atoms with Crippen LogP contribution in [-0.2, 0) is 14.8 Å². The first-order valence-electron chi connectivity index (χ1n) is 11.6. The van der Waals surface area contributed by atoms with Crippen LogP contribution < -0.4 is 14.4 Å². The minimum absolute atomic E-state index is 0.123. The minimum atomic E-state index is -3.98. The summed E-state index contributed by atoms with van der Waals surface area (Å²) in [6.07, 6.45) is 1.93. The van der Waals surface area contributed by atoms with Crippen molar-refractivity contribution < 1.29 is 17.9 Å². The van der Waals surface area contributed by atoms with E-state index in [1.165, 1.54) is 11.8 Å². The van der Waals surface area contributed by atoms with Crippen LogP contribution >= 0.6 is 34.9 Å². The van der Waals surface area contributed by atoms with Gasteiger partial charge in [0.05, 0.1) is 27.4 Å². The summed E-state index contributed by atoms with van der Waals surface area (Å²) in [5.74, 6) is 0.865. The van der Waals surface area contributed by atoms with Crippen LogP contribution in [0.1, 0.15) is 6.92 Å². The van der Waals surface area contributed by atoms with Gasteiger partial charge >= 0.3 is 0 Å². The summed E-state index contributed by atoms with van der Waals surface area (Å²) in [7, 11) is -3.98. The van der Waals surface area contributed by atoms with Gasteiger partial charge in [0.25, 0.3) is 10.0 Å². The molecule has 0 aliphatic heterocycles. The van der Waals surface area contributed by atoms with Crippen LogP contribution in [0.2, 0.25) is 0 Å². The average molecular weight is 574 g/mol. The number of nitrogens with zero attached hydrogens (tertiary/aromatic N) is 2. The van der Waals surface area contributed by atoms with Gasteiger partial charge in [-0.3, -0.25) is 9.10 Å². The number of hydrogen-bond acceptors (Lipinski definition) is 8. The number of aromatic nitrogens is 1. The van der Waals surface area contributed by atoms with Crippen molar-refractivity contribution in [1.29, 1.82) is 0 Å². The topological polar surface area (TPSA) is 88.6 Å². The Kier molecular flexibility index (Phi) is 9.36. The van der Waals surface area contributed by atoms with Gasteiger partial charge in [-0.05, 0) is 73.8 Å². The molecule has 37 heavy (non-hydrogen) atoms. The highest BCUT2D eigenvalue weighted by Crippen LogP contribution is 2.29. The number of rotatable bonds is 12. The van der Waals surface area contributed by atoms with Crippen molar-refractivity contribution in [1.82, 2.24) is 10.3 Å². The molecule has 1 heterocycles. The van der Waals surface area contributed by atoms with E-state index in [4.69, 9.17) is 4.74 Å². The maximum atomic E-state index is 13.6. The number of hydrogen-bond donors (Lipinski definition) is 1. The van der Waals surface area contributed by atoms with Crippen molar-refractivity contribution in [2.75, 3.05) is 36.0 Å². The van der Waals surface area contributed by atoms with E-state index in [-0.39, 0.29) is 17.3 Å². The lowest BCUT2D eigenvalue weighted by atomic mass is 10.3. The number of para-hydroxylation sites is 1. The fourth-order valence-corrected chi connectivity index (χ4v) is 7.32. The van der Waals surface area contributed by atoms with Crippen molar-refractivity contribution in [2.24, 2.45) is 0 Å². The highest BCUT2D eigenvalue weighted by Gasteiger charge is 2.27. The van der Waals surface area contributed by atoms with Gasteiger partial charge in [0, 0.05) is 17.2 Å². The van der Waals surface area contributed by atoms with Crippen LogP contribution in [0.3, 0.4) is 0 Å². The Morgan fingerprint density at radius 3 is 2.46 bits per heavy atom. The van der Waals surface area contributed by atoms with Gasteiger partial charge in [0.15, 0.2) is 4.34 Å². The summed E-state index contributed by atoms with van der Waals surface area (Å²) in [4.78, 5) is 18.5. The van der Waals surface area contributed by atoms with E-state index in [1.54, 1.807) is 71.6 Å². The molecule has 1 amide bonds. The number of ether oxygens (including phenoxy) is 1. The quantitative estimate of drug-likeness (QED) is 0.176. The normalized spacial score (nSPS) is 11.4. The summed E-state index contributed by atoms with van der Waals surface area (Å²) in [5.41, 5.74) is 1.34. The van der Waals surface area contributed by atoms with Gasteiger partial charge in [-0.1, -0.05) is 23.9 Å². The van der Waals surface area contributed by atoms with Crippen molar-refractivity contribution in [2.45, 2.75) is 21.1 Å². The lowest BCUT2D eigenvalue weighted by Gasteiger charge is -2.24. The first-order valence-corrected chi connectivity index (χ1v) is 16.0. The summed E-state index contributed by atoms with van der Waals surface area (Å²) in [6, 6.07) is 21.3. The van der Waals surface area contributed by atoms with Gasteiger partial charge in [0.2, 0.25) is 5.91 Å². The molecular weight excluding hydrogens is 547 g/mol. The van der Waals surface area contributed by atoms with Crippen molar-refractivity contribution in [3.05, 3.63) is 72.8 Å². The van der Waals surface area contributed by atoms with Crippen molar-refractivity contribution in [3.63, 3.8) is 0 Å². The van der Waals surface area contributed by atoms with E-state index in [2.05, 4.69) is 10.3 Å². The molecule has 0 aliphatic rings. The van der Waals surface area contributed by atoms with Crippen LogP contribution in [0.25, 0.3) is 10.2 Å². The zero-order valence-corrected chi connectivity index (χ0v) is 23.7. The smallest absolute Gasteiger partial charge is 0.264 e. The second-order valence-electron chi connectivity index (χ2n) is 7.76. The molecule has 3 aromatic carbocycles. The molecule has 194 valence electrons. The fraction of sp³-hybridized carbons (Fsp3) is 0.231. The predicted octanol–water partition coefficient (Wildman–Crippen LogP) is 5.52. The van der Waals surface area contributed by atoms with E-state index in [0.29, 0.717) is 30.3 Å². The van der Waals surface area contributed by atoms with E-state index < -0.39 is 10.0 Å². The number of nitrogens with one attached hydrogen (secondary N) is 1. The van der Waals surface area contributed by atoms with Crippen LogP contribution in [0.5, 0.6) is 5.75 Å². The molecule has 0 fully saturated rings. The lowest BCUT2D eigenvalue weighted by molar-refractivity contribution is -0.119. The first kappa shape index (κ1) is 27.3. The molecule has 7 nitrogen and oxygen atoms in total. The Hall–Kier alpha value is -2.73. The maximum Gasteiger partial charge on any atom is 0.264 e. The molecule has 1 N–H and O–H groups in total. The molecule has 0 radical (unpaired) electrons. The van der Waals surface area contributed by atoms with Gasteiger partial charge in [-0.15, -0.1) is 23.1 Å². The zero-order chi connectivity index (χ0) is 26.3. The van der Waals surface area contributed by atoms with Crippen LogP contribution in [0.4, 0.5) is 5.69 Å². The molecule has 0 saturated carbocycles. The van der Waals surface area contributed by atoms with E-state index in [0.717, 1.165) is 23.8 Å². The Morgan fingerprint density at radius 1 is 1.05 bits per heavy atom. The molecule has 4 aromatic rings. The predicted molar refractivity (Wildman–Crippen MR) is 154 cm³/mol. The van der Waals surface area contributed by atoms with E-state index >= 15 is 0 Å². The van der Waals surface area contributed by atoms with Gasteiger partial charge < -0.3 is 10.1 Å². The maximum absolute atomic E-state index is 13.6. The Morgan fingerprint density at radius 2 is 1.78 bits per heavy atom. The second-order valence-corrected chi connectivity index (χ2v) is 12.9. The summed E-state index contributed by atoms with van der Waals surface area (Å²) < 4.78 is 35.8. The number of carbonyl (C=O) groups excluding carboxylic acids is 1. The summed E-state index contributed by atoms with van der Waals surface area (Å²) >= 11 is 4.70. The number of fused-ring (bicyclic) bond motifs is 1. The standard InChI is InChI=1S/C26H27N3O4S4/c1-3-33-20-10-8-19(9-11-20)29(37(31,32)22-14-12-21(34-2)13-15-22)18-25(30)27-16-17-35-26-28-23-6-4-5-7-24(23)36-26/h4-15H,3,16-18H2,1-2H3,(H,27,30). The molecule has 11 heteroatoms. The number of carbonyl (C=O) groups is 1. The molecular formula is C26H27N3O4S4. The zero-order valence-electron chi connectivity index (χ0n) is 20.4. The molecule has 0 bridgehead atoms. The monoisotopic (exact) mass is 573 g/mol. The summed E-state index contributed by atoms with van der Waals surface area (Å²) in [5, 5.41) is 2.84.